The predicted molar refractivity (Wildman–Crippen MR) is 95.0 cm³/mol. The molecule has 0 saturated carbocycles. The Morgan fingerprint density at radius 3 is 2.72 bits per heavy atom. The van der Waals surface area contributed by atoms with E-state index in [1.807, 2.05) is 13.8 Å². The molecule has 0 saturated heterocycles. The summed E-state index contributed by atoms with van der Waals surface area (Å²) in [6, 6.07) is 2.59. The number of carbonyl (C=O) groups is 1. The van der Waals surface area contributed by atoms with Gasteiger partial charge in [0.2, 0.25) is 0 Å². The molecular weight excluding hydrogens is 394 g/mol. The largest absolute Gasteiger partial charge is 0.466 e. The van der Waals surface area contributed by atoms with Crippen LogP contribution in [0.1, 0.15) is 29.9 Å². The number of pyridine rings is 2. The summed E-state index contributed by atoms with van der Waals surface area (Å²) >= 11 is 0. The predicted octanol–water partition coefficient (Wildman–Crippen LogP) is 3.09. The highest BCUT2D eigenvalue weighted by Gasteiger charge is 2.29. The molecule has 0 spiro atoms. The van der Waals surface area contributed by atoms with Crippen molar-refractivity contribution in [2.45, 2.75) is 32.6 Å². The van der Waals surface area contributed by atoms with E-state index < -0.39 is 24.5 Å². The molecule has 1 N–H and O–H groups in total. The number of alkyl halides is 3. The summed E-state index contributed by atoms with van der Waals surface area (Å²) in [7, 11) is 0. The second kappa shape index (κ2) is 8.02. The van der Waals surface area contributed by atoms with Gasteiger partial charge in [-0.15, -0.1) is 0 Å². The zero-order chi connectivity index (χ0) is 21.2. The minimum Gasteiger partial charge on any atom is -0.466 e. The molecule has 29 heavy (non-hydrogen) atoms. The summed E-state index contributed by atoms with van der Waals surface area (Å²) in [5.41, 5.74) is 1.09. The molecule has 0 unspecified atom stereocenters. The molecule has 0 fully saturated rings. The summed E-state index contributed by atoms with van der Waals surface area (Å²) in [5.74, 6) is -2.08. The fourth-order valence-corrected chi connectivity index (χ4v) is 2.58. The Kier molecular flexibility index (Phi) is 5.66. The summed E-state index contributed by atoms with van der Waals surface area (Å²) in [6.45, 7) is 2.11. The quantitative estimate of drug-likeness (QED) is 0.631. The molecule has 7 nitrogen and oxygen atoms in total. The molecule has 1 amide bonds. The fourth-order valence-electron chi connectivity index (χ4n) is 2.58. The third-order valence-electron chi connectivity index (χ3n) is 3.70. The molecule has 3 rings (SSSR count). The highest BCUT2D eigenvalue weighted by atomic mass is 19.4. The van der Waals surface area contributed by atoms with Crippen molar-refractivity contribution in [2.24, 2.45) is 0 Å². The Balaban J connectivity index is 1.80. The van der Waals surface area contributed by atoms with E-state index >= 15 is 0 Å². The number of nitrogens with zero attached hydrogens (tertiary/aromatic N) is 4. The smallest absolute Gasteiger partial charge is 0.422 e. The highest BCUT2D eigenvalue weighted by Crippen LogP contribution is 2.21. The molecule has 0 aliphatic rings. The van der Waals surface area contributed by atoms with E-state index in [1.165, 1.54) is 17.1 Å². The first kappa shape index (κ1) is 20.5. The molecule has 0 atom stereocenters. The Hall–Kier alpha value is -3.24. The molecule has 3 aromatic heterocycles. The molecular formula is C18H17F4N5O2. The molecule has 3 heterocycles. The maximum absolute atomic E-state index is 14.0. The van der Waals surface area contributed by atoms with Gasteiger partial charge in [0.15, 0.2) is 12.4 Å². The summed E-state index contributed by atoms with van der Waals surface area (Å²) < 4.78 is 56.3. The number of ether oxygens (including phenoxy) is 1. The van der Waals surface area contributed by atoms with Crippen LogP contribution < -0.4 is 10.1 Å². The lowest BCUT2D eigenvalue weighted by molar-refractivity contribution is -0.154. The lowest BCUT2D eigenvalue weighted by Gasteiger charge is -2.09. The number of nitrogens with one attached hydrogen (secondary N) is 1. The number of halogens is 4. The van der Waals surface area contributed by atoms with E-state index in [1.54, 1.807) is 12.3 Å². The molecule has 0 radical (unpaired) electrons. The third-order valence-corrected chi connectivity index (χ3v) is 3.70. The molecule has 3 aromatic rings. The maximum Gasteiger partial charge on any atom is 0.422 e. The van der Waals surface area contributed by atoms with E-state index in [9.17, 15) is 22.4 Å². The molecule has 0 bridgehead atoms. The lowest BCUT2D eigenvalue weighted by atomic mass is 10.2. The van der Waals surface area contributed by atoms with E-state index in [0.29, 0.717) is 16.5 Å². The van der Waals surface area contributed by atoms with Crippen molar-refractivity contribution in [1.29, 1.82) is 0 Å². The number of fused-ring (bicyclic) bond motifs is 1. The van der Waals surface area contributed by atoms with Crippen molar-refractivity contribution >= 4 is 16.8 Å². The van der Waals surface area contributed by atoms with Gasteiger partial charge in [-0.05, 0) is 31.5 Å². The van der Waals surface area contributed by atoms with Crippen LogP contribution in [-0.2, 0) is 6.54 Å². The van der Waals surface area contributed by atoms with Gasteiger partial charge in [0.25, 0.3) is 11.8 Å². The van der Waals surface area contributed by atoms with Crippen molar-refractivity contribution in [2.75, 3.05) is 6.61 Å². The Morgan fingerprint density at radius 1 is 1.31 bits per heavy atom. The maximum atomic E-state index is 14.0. The van der Waals surface area contributed by atoms with Gasteiger partial charge in [-0.3, -0.25) is 14.5 Å². The van der Waals surface area contributed by atoms with Crippen molar-refractivity contribution in [3.8, 4) is 5.88 Å². The first-order valence-corrected chi connectivity index (χ1v) is 8.59. The standard InChI is InChI=1S/C18H17F4N5O2/c1-10(2)25-16(28)15-12-8-27(26-14(12)3-4-23-15)7-11-5-13(19)17(24-6-11)29-9-18(20,21)22/h3-6,8,10H,7,9H2,1-2H3,(H,25,28). The zero-order valence-electron chi connectivity index (χ0n) is 15.5. The van der Waals surface area contributed by atoms with Crippen LogP contribution in [0.25, 0.3) is 10.9 Å². The van der Waals surface area contributed by atoms with Crippen LogP contribution in [0, 0.1) is 5.82 Å². The fraction of sp³-hybridized carbons (Fsp3) is 0.333. The van der Waals surface area contributed by atoms with Crippen LogP contribution in [-0.4, -0.2) is 44.5 Å². The van der Waals surface area contributed by atoms with Crippen LogP contribution in [0.3, 0.4) is 0 Å². The average molecular weight is 411 g/mol. The molecule has 0 aliphatic heterocycles. The van der Waals surface area contributed by atoms with Crippen molar-refractivity contribution in [1.82, 2.24) is 25.1 Å². The van der Waals surface area contributed by atoms with E-state index in [2.05, 4.69) is 25.1 Å². The minimum absolute atomic E-state index is 0.0678. The Bertz CT molecular complexity index is 1030. The minimum atomic E-state index is -4.59. The Morgan fingerprint density at radius 2 is 2.07 bits per heavy atom. The van der Waals surface area contributed by atoms with Gasteiger partial charge in [0.1, 0.15) is 5.69 Å². The topological polar surface area (TPSA) is 81.9 Å². The van der Waals surface area contributed by atoms with Gasteiger partial charge >= 0.3 is 6.18 Å². The number of hydrogen-bond donors (Lipinski definition) is 1. The summed E-state index contributed by atoms with van der Waals surface area (Å²) in [5, 5.41) is 7.59. The monoisotopic (exact) mass is 411 g/mol. The van der Waals surface area contributed by atoms with Gasteiger partial charge in [-0.25, -0.2) is 9.37 Å². The SMILES string of the molecule is CC(C)NC(=O)c1nccc2nn(Cc3cnc(OCC(F)(F)F)c(F)c3)cc12. The molecule has 154 valence electrons. The van der Waals surface area contributed by atoms with Crippen LogP contribution in [0.4, 0.5) is 17.6 Å². The first-order chi connectivity index (χ1) is 13.6. The number of aromatic nitrogens is 4. The van der Waals surface area contributed by atoms with Crippen molar-refractivity contribution < 1.29 is 27.1 Å². The number of rotatable bonds is 6. The Labute approximate surface area is 162 Å². The number of hydrogen-bond acceptors (Lipinski definition) is 5. The van der Waals surface area contributed by atoms with Gasteiger partial charge in [0.05, 0.1) is 17.4 Å². The van der Waals surface area contributed by atoms with Crippen LogP contribution >= 0.6 is 0 Å². The van der Waals surface area contributed by atoms with E-state index in [-0.39, 0.29) is 24.2 Å². The van der Waals surface area contributed by atoms with Gasteiger partial charge in [-0.1, -0.05) is 0 Å². The van der Waals surface area contributed by atoms with Gasteiger partial charge in [0, 0.05) is 24.6 Å². The molecule has 0 aromatic carbocycles. The summed E-state index contributed by atoms with van der Waals surface area (Å²) in [4.78, 5) is 20.0. The second-order valence-electron chi connectivity index (χ2n) is 6.58. The van der Waals surface area contributed by atoms with Crippen LogP contribution in [0.15, 0.2) is 30.7 Å². The average Bonchev–Trinajstić information content (AvgIpc) is 3.01. The van der Waals surface area contributed by atoms with Gasteiger partial charge in [-0.2, -0.15) is 18.3 Å². The summed E-state index contributed by atoms with van der Waals surface area (Å²) in [6.07, 6.45) is -0.339. The third kappa shape index (κ3) is 5.18. The number of amides is 1. The van der Waals surface area contributed by atoms with Gasteiger partial charge < -0.3 is 10.1 Å². The highest BCUT2D eigenvalue weighted by molar-refractivity contribution is 6.04. The van der Waals surface area contributed by atoms with Crippen LogP contribution in [0.5, 0.6) is 5.88 Å². The van der Waals surface area contributed by atoms with E-state index in [0.717, 1.165) is 6.07 Å². The zero-order valence-corrected chi connectivity index (χ0v) is 15.5. The lowest BCUT2D eigenvalue weighted by Crippen LogP contribution is -2.30. The van der Waals surface area contributed by atoms with E-state index in [4.69, 9.17) is 0 Å². The van der Waals surface area contributed by atoms with Crippen molar-refractivity contribution in [3.63, 3.8) is 0 Å². The number of carbonyl (C=O) groups excluding carboxylic acids is 1. The normalized spacial score (nSPS) is 11.8. The second-order valence-corrected chi connectivity index (χ2v) is 6.58. The first-order valence-electron chi connectivity index (χ1n) is 8.59. The molecule has 0 aliphatic carbocycles. The van der Waals surface area contributed by atoms with Crippen LogP contribution in [0.2, 0.25) is 0 Å². The molecule has 11 heteroatoms. The van der Waals surface area contributed by atoms with Crippen molar-refractivity contribution in [3.05, 3.63) is 47.8 Å².